The molecule has 110 valence electrons. The minimum Gasteiger partial charge on any atom is -0.310 e. The van der Waals surface area contributed by atoms with E-state index in [4.69, 9.17) is 11.6 Å². The standard InChI is InChI=1S/C15H17ClN4O/c1-11(12-5-7-17-8-6-12)20(2)10-15(21)19-14-4-3-13(16)9-18-14/h3-9,11H,10H2,1-2H3,(H,18,19,21). The van der Waals surface area contributed by atoms with Gasteiger partial charge in [0.05, 0.1) is 11.6 Å². The number of aromatic nitrogens is 2. The van der Waals surface area contributed by atoms with Crippen molar-refractivity contribution in [2.24, 2.45) is 0 Å². The Morgan fingerprint density at radius 1 is 1.33 bits per heavy atom. The van der Waals surface area contributed by atoms with Crippen molar-refractivity contribution in [2.75, 3.05) is 18.9 Å². The van der Waals surface area contributed by atoms with Crippen molar-refractivity contribution in [3.8, 4) is 0 Å². The molecule has 0 saturated carbocycles. The molecule has 0 bridgehead atoms. The molecule has 5 nitrogen and oxygen atoms in total. The van der Waals surface area contributed by atoms with E-state index in [0.29, 0.717) is 10.8 Å². The number of nitrogens with zero attached hydrogens (tertiary/aromatic N) is 3. The molecule has 0 aliphatic carbocycles. The number of hydrogen-bond acceptors (Lipinski definition) is 4. The first-order chi connectivity index (χ1) is 10.1. The quantitative estimate of drug-likeness (QED) is 0.923. The van der Waals surface area contributed by atoms with Gasteiger partial charge >= 0.3 is 0 Å². The summed E-state index contributed by atoms with van der Waals surface area (Å²) in [5.74, 6) is 0.377. The van der Waals surface area contributed by atoms with Crippen LogP contribution in [0.25, 0.3) is 0 Å². The van der Waals surface area contributed by atoms with Crippen LogP contribution in [0.3, 0.4) is 0 Å². The van der Waals surface area contributed by atoms with Crippen molar-refractivity contribution in [1.82, 2.24) is 14.9 Å². The maximum absolute atomic E-state index is 12.0. The van der Waals surface area contributed by atoms with Gasteiger partial charge in [0.2, 0.25) is 5.91 Å². The van der Waals surface area contributed by atoms with E-state index in [1.54, 1.807) is 24.5 Å². The molecule has 0 spiro atoms. The van der Waals surface area contributed by atoms with E-state index in [1.807, 2.05) is 31.0 Å². The fourth-order valence-corrected chi connectivity index (χ4v) is 2.00. The van der Waals surface area contributed by atoms with Gasteiger partial charge in [0.1, 0.15) is 5.82 Å². The third-order valence-corrected chi connectivity index (χ3v) is 3.46. The van der Waals surface area contributed by atoms with E-state index >= 15 is 0 Å². The largest absolute Gasteiger partial charge is 0.310 e. The first-order valence-electron chi connectivity index (χ1n) is 6.58. The van der Waals surface area contributed by atoms with Crippen LogP contribution in [0, 0.1) is 0 Å². The molecule has 0 aliphatic rings. The SMILES string of the molecule is CC(c1ccncc1)N(C)CC(=O)Nc1ccc(Cl)cn1. The van der Waals surface area contributed by atoms with Gasteiger partial charge in [-0.15, -0.1) is 0 Å². The molecule has 1 unspecified atom stereocenters. The van der Waals surface area contributed by atoms with E-state index < -0.39 is 0 Å². The summed E-state index contributed by atoms with van der Waals surface area (Å²) in [5.41, 5.74) is 1.12. The summed E-state index contributed by atoms with van der Waals surface area (Å²) in [6.45, 7) is 2.32. The molecule has 2 aromatic heterocycles. The average molecular weight is 305 g/mol. The van der Waals surface area contributed by atoms with Crippen molar-refractivity contribution in [2.45, 2.75) is 13.0 Å². The highest BCUT2D eigenvalue weighted by atomic mass is 35.5. The van der Waals surface area contributed by atoms with Crippen molar-refractivity contribution in [1.29, 1.82) is 0 Å². The highest BCUT2D eigenvalue weighted by Crippen LogP contribution is 2.17. The molecule has 1 amide bonds. The Balaban J connectivity index is 1.91. The van der Waals surface area contributed by atoms with Gasteiger partial charge in [0.15, 0.2) is 0 Å². The minimum absolute atomic E-state index is 0.117. The first kappa shape index (κ1) is 15.4. The van der Waals surface area contributed by atoms with E-state index in [0.717, 1.165) is 5.56 Å². The smallest absolute Gasteiger partial charge is 0.239 e. The highest BCUT2D eigenvalue weighted by Gasteiger charge is 2.15. The Morgan fingerprint density at radius 3 is 2.67 bits per heavy atom. The van der Waals surface area contributed by atoms with Gasteiger partial charge in [-0.25, -0.2) is 4.98 Å². The number of amides is 1. The monoisotopic (exact) mass is 304 g/mol. The first-order valence-corrected chi connectivity index (χ1v) is 6.95. The Kier molecular flexibility index (Phi) is 5.25. The molecule has 21 heavy (non-hydrogen) atoms. The van der Waals surface area contributed by atoms with Gasteiger partial charge in [-0.2, -0.15) is 0 Å². The summed E-state index contributed by atoms with van der Waals surface area (Å²) in [4.78, 5) is 22.0. The van der Waals surface area contributed by atoms with Crippen LogP contribution in [0.15, 0.2) is 42.9 Å². The fourth-order valence-electron chi connectivity index (χ4n) is 1.89. The van der Waals surface area contributed by atoms with Crippen molar-refractivity contribution in [3.05, 3.63) is 53.4 Å². The molecular weight excluding hydrogens is 288 g/mol. The molecule has 0 aliphatic heterocycles. The van der Waals surface area contributed by atoms with Gasteiger partial charge < -0.3 is 5.32 Å². The summed E-state index contributed by atoms with van der Waals surface area (Å²) in [6, 6.07) is 7.37. The zero-order chi connectivity index (χ0) is 15.2. The van der Waals surface area contributed by atoms with E-state index in [2.05, 4.69) is 15.3 Å². The number of carbonyl (C=O) groups excluding carboxylic acids is 1. The van der Waals surface area contributed by atoms with Crippen molar-refractivity contribution >= 4 is 23.3 Å². The zero-order valence-corrected chi connectivity index (χ0v) is 12.7. The zero-order valence-electron chi connectivity index (χ0n) is 12.0. The summed E-state index contributed by atoms with van der Waals surface area (Å²) >= 11 is 5.75. The Labute approximate surface area is 129 Å². The molecular formula is C15H17ClN4O. The van der Waals surface area contributed by atoms with E-state index in [9.17, 15) is 4.79 Å². The normalized spacial score (nSPS) is 12.2. The van der Waals surface area contributed by atoms with Gasteiger partial charge in [0, 0.05) is 24.6 Å². The molecule has 0 aromatic carbocycles. The Hall–Kier alpha value is -1.98. The lowest BCUT2D eigenvalue weighted by atomic mass is 10.1. The molecule has 0 saturated heterocycles. The Bertz CT molecular complexity index is 588. The maximum atomic E-state index is 12.0. The lowest BCUT2D eigenvalue weighted by molar-refractivity contribution is -0.117. The summed E-state index contributed by atoms with van der Waals surface area (Å²) < 4.78 is 0. The molecule has 2 heterocycles. The third kappa shape index (κ3) is 4.51. The Morgan fingerprint density at radius 2 is 2.05 bits per heavy atom. The van der Waals surface area contributed by atoms with Gasteiger partial charge in [-0.1, -0.05) is 11.6 Å². The maximum Gasteiger partial charge on any atom is 0.239 e. The molecule has 2 rings (SSSR count). The van der Waals surface area contributed by atoms with Crippen LogP contribution in [-0.2, 0) is 4.79 Å². The van der Waals surface area contributed by atoms with E-state index in [1.165, 1.54) is 6.20 Å². The summed E-state index contributed by atoms with van der Waals surface area (Å²) in [7, 11) is 1.90. The number of halogens is 1. The lowest BCUT2D eigenvalue weighted by Gasteiger charge is -2.24. The number of anilines is 1. The number of nitrogens with one attached hydrogen (secondary N) is 1. The van der Waals surface area contributed by atoms with Crippen LogP contribution in [0.2, 0.25) is 5.02 Å². The highest BCUT2D eigenvalue weighted by molar-refractivity contribution is 6.30. The van der Waals surface area contributed by atoms with Gasteiger partial charge in [-0.05, 0) is 43.8 Å². The molecule has 2 aromatic rings. The van der Waals surface area contributed by atoms with Crippen LogP contribution < -0.4 is 5.32 Å². The second kappa shape index (κ2) is 7.15. The molecule has 1 N–H and O–H groups in total. The van der Waals surface area contributed by atoms with E-state index in [-0.39, 0.29) is 18.5 Å². The van der Waals surface area contributed by atoms with Crippen LogP contribution >= 0.6 is 11.6 Å². The summed E-state index contributed by atoms with van der Waals surface area (Å²) in [6.07, 6.45) is 5.00. The second-order valence-electron chi connectivity index (χ2n) is 4.78. The van der Waals surface area contributed by atoms with Crippen LogP contribution in [0.4, 0.5) is 5.82 Å². The van der Waals surface area contributed by atoms with Crippen LogP contribution in [0.1, 0.15) is 18.5 Å². The number of rotatable bonds is 5. The van der Waals surface area contributed by atoms with Crippen LogP contribution in [-0.4, -0.2) is 34.4 Å². The van der Waals surface area contributed by atoms with Crippen molar-refractivity contribution in [3.63, 3.8) is 0 Å². The number of hydrogen-bond donors (Lipinski definition) is 1. The number of pyridine rings is 2. The third-order valence-electron chi connectivity index (χ3n) is 3.24. The second-order valence-corrected chi connectivity index (χ2v) is 5.22. The average Bonchev–Trinajstić information content (AvgIpc) is 2.49. The van der Waals surface area contributed by atoms with Gasteiger partial charge in [0.25, 0.3) is 0 Å². The molecule has 1 atom stereocenters. The number of likely N-dealkylation sites (N-methyl/N-ethyl adjacent to an activating group) is 1. The molecule has 0 fully saturated rings. The van der Waals surface area contributed by atoms with Crippen molar-refractivity contribution < 1.29 is 4.79 Å². The molecule has 0 radical (unpaired) electrons. The number of carbonyl (C=O) groups is 1. The predicted molar refractivity (Wildman–Crippen MR) is 83.2 cm³/mol. The molecule has 6 heteroatoms. The van der Waals surface area contributed by atoms with Gasteiger partial charge in [-0.3, -0.25) is 14.7 Å². The lowest BCUT2D eigenvalue weighted by Crippen LogP contribution is -2.32. The fraction of sp³-hybridized carbons (Fsp3) is 0.267. The predicted octanol–water partition coefficient (Wildman–Crippen LogP) is 2.76. The summed E-state index contributed by atoms with van der Waals surface area (Å²) in [5, 5.41) is 3.28. The van der Waals surface area contributed by atoms with Crippen LogP contribution in [0.5, 0.6) is 0 Å². The minimum atomic E-state index is -0.117. The topological polar surface area (TPSA) is 58.1 Å².